The fraction of sp³-hybridized carbons (Fsp3) is 1.00. The second-order valence-electron chi connectivity index (χ2n) is 4.36. The maximum Gasteiger partial charge on any atom is -0.0326 e. The van der Waals surface area contributed by atoms with E-state index in [4.69, 9.17) is 0 Å². The number of fused-ring (bicyclic) bond motifs is 2. The maximum atomic E-state index is 2.46. The van der Waals surface area contributed by atoms with Crippen LogP contribution in [0.5, 0.6) is 0 Å². The molecule has 50 valence electrons. The standard InChI is InChI=1S/C9H14/c1-5-4-8-6-2-3-7(8)9(5)6/h5-9H,2-4H2,1H3. The summed E-state index contributed by atoms with van der Waals surface area (Å²) in [6.07, 6.45) is 4.76. The summed E-state index contributed by atoms with van der Waals surface area (Å²) in [5.41, 5.74) is 0. The van der Waals surface area contributed by atoms with Crippen LogP contribution in [-0.4, -0.2) is 0 Å². The van der Waals surface area contributed by atoms with Gasteiger partial charge in [-0.15, -0.1) is 0 Å². The van der Waals surface area contributed by atoms with E-state index in [1.807, 2.05) is 0 Å². The lowest BCUT2D eigenvalue weighted by atomic mass is 9.70. The molecular weight excluding hydrogens is 108 g/mol. The lowest BCUT2D eigenvalue weighted by Gasteiger charge is -2.35. The van der Waals surface area contributed by atoms with Crippen LogP contribution in [-0.2, 0) is 0 Å². The van der Waals surface area contributed by atoms with Gasteiger partial charge in [0, 0.05) is 0 Å². The summed E-state index contributed by atoms with van der Waals surface area (Å²) < 4.78 is 0. The average Bonchev–Trinajstić information content (AvgIpc) is 2.34. The Labute approximate surface area is 56.6 Å². The Kier molecular flexibility index (Phi) is 0.640. The Bertz CT molecular complexity index is 138. The zero-order chi connectivity index (χ0) is 6.01. The molecule has 5 aliphatic carbocycles. The van der Waals surface area contributed by atoms with Crippen LogP contribution in [0.15, 0.2) is 0 Å². The Hall–Kier alpha value is 0. The summed E-state index contributed by atoms with van der Waals surface area (Å²) >= 11 is 0. The third-order valence-corrected chi connectivity index (χ3v) is 4.22. The van der Waals surface area contributed by atoms with Crippen LogP contribution in [0, 0.1) is 29.6 Å². The molecule has 9 heavy (non-hydrogen) atoms. The van der Waals surface area contributed by atoms with E-state index >= 15 is 0 Å². The first-order valence-corrected chi connectivity index (χ1v) is 4.38. The SMILES string of the molecule is CC1CC2C3CCC2C13. The van der Waals surface area contributed by atoms with Gasteiger partial charge in [-0.3, -0.25) is 0 Å². The van der Waals surface area contributed by atoms with Crippen LogP contribution in [0.4, 0.5) is 0 Å². The Morgan fingerprint density at radius 2 is 1.67 bits per heavy atom. The van der Waals surface area contributed by atoms with Gasteiger partial charge in [0.15, 0.2) is 0 Å². The predicted molar refractivity (Wildman–Crippen MR) is 37.0 cm³/mol. The monoisotopic (exact) mass is 122 g/mol. The van der Waals surface area contributed by atoms with E-state index < -0.39 is 0 Å². The molecule has 5 rings (SSSR count). The summed E-state index contributed by atoms with van der Waals surface area (Å²) in [5, 5.41) is 0. The number of hydrogen-bond acceptors (Lipinski definition) is 0. The van der Waals surface area contributed by atoms with Crippen molar-refractivity contribution in [3.8, 4) is 0 Å². The van der Waals surface area contributed by atoms with Crippen LogP contribution < -0.4 is 0 Å². The van der Waals surface area contributed by atoms with Crippen molar-refractivity contribution in [2.45, 2.75) is 26.2 Å². The van der Waals surface area contributed by atoms with E-state index in [2.05, 4.69) is 6.92 Å². The van der Waals surface area contributed by atoms with Gasteiger partial charge in [-0.1, -0.05) is 6.92 Å². The van der Waals surface area contributed by atoms with Crippen molar-refractivity contribution in [1.82, 2.24) is 0 Å². The van der Waals surface area contributed by atoms with Gasteiger partial charge in [0.1, 0.15) is 0 Å². The Balaban J connectivity index is 2.01. The van der Waals surface area contributed by atoms with Crippen molar-refractivity contribution in [3.63, 3.8) is 0 Å². The molecule has 3 unspecified atom stereocenters. The highest BCUT2D eigenvalue weighted by Gasteiger charge is 2.62. The van der Waals surface area contributed by atoms with Gasteiger partial charge in [-0.2, -0.15) is 0 Å². The molecule has 0 radical (unpaired) electrons. The number of hydrogen-bond donors (Lipinski definition) is 0. The molecule has 0 aromatic rings. The first kappa shape index (κ1) is 4.76. The van der Waals surface area contributed by atoms with Crippen molar-refractivity contribution in [1.29, 1.82) is 0 Å². The lowest BCUT2D eigenvalue weighted by molar-refractivity contribution is 0.123. The van der Waals surface area contributed by atoms with Crippen LogP contribution in [0.25, 0.3) is 0 Å². The van der Waals surface area contributed by atoms with E-state index in [-0.39, 0.29) is 0 Å². The van der Waals surface area contributed by atoms with Crippen molar-refractivity contribution in [2.24, 2.45) is 29.6 Å². The Morgan fingerprint density at radius 3 is 2.00 bits per heavy atom. The molecule has 5 aliphatic rings. The molecule has 0 aromatic heterocycles. The topological polar surface area (TPSA) is 0 Å². The highest BCUT2D eigenvalue weighted by Crippen LogP contribution is 2.69. The zero-order valence-corrected chi connectivity index (χ0v) is 6.01. The molecule has 3 atom stereocenters. The Morgan fingerprint density at radius 1 is 1.00 bits per heavy atom. The summed E-state index contributed by atoms with van der Waals surface area (Å²) in [7, 11) is 0. The van der Waals surface area contributed by atoms with Gasteiger partial charge < -0.3 is 0 Å². The smallest absolute Gasteiger partial charge is 0.0326 e. The number of rotatable bonds is 0. The third-order valence-electron chi connectivity index (χ3n) is 4.22. The first-order valence-electron chi connectivity index (χ1n) is 4.38. The third kappa shape index (κ3) is 0.342. The van der Waals surface area contributed by atoms with Gasteiger partial charge in [-0.25, -0.2) is 0 Å². The molecule has 0 amide bonds. The van der Waals surface area contributed by atoms with Crippen molar-refractivity contribution >= 4 is 0 Å². The molecule has 0 saturated heterocycles. The van der Waals surface area contributed by atoms with Gasteiger partial charge >= 0.3 is 0 Å². The van der Waals surface area contributed by atoms with Crippen molar-refractivity contribution in [3.05, 3.63) is 0 Å². The van der Waals surface area contributed by atoms with Gasteiger partial charge in [-0.05, 0) is 48.9 Å². The summed E-state index contributed by atoms with van der Waals surface area (Å²) in [6, 6.07) is 0. The fourth-order valence-corrected chi connectivity index (χ4v) is 4.04. The summed E-state index contributed by atoms with van der Waals surface area (Å²) in [4.78, 5) is 0. The minimum Gasteiger partial charge on any atom is -0.0622 e. The molecule has 4 bridgehead atoms. The molecule has 0 heterocycles. The highest BCUT2D eigenvalue weighted by atomic mass is 14.7. The molecule has 0 nitrogen and oxygen atoms in total. The van der Waals surface area contributed by atoms with E-state index in [0.717, 1.165) is 5.92 Å². The van der Waals surface area contributed by atoms with E-state index in [0.29, 0.717) is 0 Å². The minimum absolute atomic E-state index is 1.10. The van der Waals surface area contributed by atoms with Crippen molar-refractivity contribution in [2.75, 3.05) is 0 Å². The van der Waals surface area contributed by atoms with E-state index in [1.54, 1.807) is 19.3 Å². The average molecular weight is 122 g/mol. The fourth-order valence-electron chi connectivity index (χ4n) is 4.04. The van der Waals surface area contributed by atoms with Crippen molar-refractivity contribution < 1.29 is 0 Å². The molecule has 0 aromatic carbocycles. The lowest BCUT2D eigenvalue weighted by Crippen LogP contribution is -2.31. The van der Waals surface area contributed by atoms with Crippen LogP contribution in [0.3, 0.4) is 0 Å². The van der Waals surface area contributed by atoms with Crippen LogP contribution in [0.1, 0.15) is 26.2 Å². The second kappa shape index (κ2) is 1.21. The predicted octanol–water partition coefficient (Wildman–Crippen LogP) is 2.30. The normalized spacial score (nSPS) is 68.3. The second-order valence-corrected chi connectivity index (χ2v) is 4.36. The van der Waals surface area contributed by atoms with E-state index in [9.17, 15) is 0 Å². The molecule has 5 fully saturated rings. The maximum absolute atomic E-state index is 2.46. The first-order chi connectivity index (χ1) is 4.38. The molecular formula is C9H14. The van der Waals surface area contributed by atoms with Crippen LogP contribution >= 0.6 is 0 Å². The molecule has 0 N–H and O–H groups in total. The highest BCUT2D eigenvalue weighted by molar-refractivity contribution is 5.10. The largest absolute Gasteiger partial charge is 0.0622 e. The quantitative estimate of drug-likeness (QED) is 0.462. The summed E-state index contributed by atoms with van der Waals surface area (Å²) in [6.45, 7) is 2.46. The zero-order valence-electron chi connectivity index (χ0n) is 6.01. The molecule has 5 saturated carbocycles. The van der Waals surface area contributed by atoms with Gasteiger partial charge in [0.25, 0.3) is 0 Å². The van der Waals surface area contributed by atoms with Gasteiger partial charge in [0.2, 0.25) is 0 Å². The summed E-state index contributed by atoms with van der Waals surface area (Å²) in [5.74, 6) is 5.95. The van der Waals surface area contributed by atoms with Gasteiger partial charge in [0.05, 0.1) is 0 Å². The van der Waals surface area contributed by atoms with Crippen LogP contribution in [0.2, 0.25) is 0 Å². The molecule has 0 spiro atoms. The minimum atomic E-state index is 1.10. The molecule has 0 aliphatic heterocycles. The molecule has 0 heteroatoms. The van der Waals surface area contributed by atoms with E-state index in [1.165, 1.54) is 23.7 Å².